The summed E-state index contributed by atoms with van der Waals surface area (Å²) < 4.78 is 23.7. The van der Waals surface area contributed by atoms with Crippen molar-refractivity contribution in [3.8, 4) is 23.0 Å². The fourth-order valence-electron chi connectivity index (χ4n) is 15.3. The average Bonchev–Trinajstić information content (AvgIpc) is 3.48. The zero-order valence-corrected chi connectivity index (χ0v) is 51.6. The smallest absolute Gasteiger partial charge is 0.343 e. The third-order valence-electron chi connectivity index (χ3n) is 20.1. The van der Waals surface area contributed by atoms with Gasteiger partial charge in [0.1, 0.15) is 29.1 Å². The Morgan fingerprint density at radius 3 is 1.86 bits per heavy atom. The van der Waals surface area contributed by atoms with Gasteiger partial charge in [0.05, 0.1) is 24.5 Å². The molecule has 8 atom stereocenters. The van der Waals surface area contributed by atoms with E-state index in [0.717, 1.165) is 66.9 Å². The van der Waals surface area contributed by atoms with Gasteiger partial charge >= 0.3 is 11.9 Å². The van der Waals surface area contributed by atoms with Gasteiger partial charge in [0.25, 0.3) is 0 Å². The maximum atomic E-state index is 13.1. The molecule has 4 aliphatic rings. The van der Waals surface area contributed by atoms with Crippen LogP contribution in [0.1, 0.15) is 269 Å². The minimum Gasteiger partial charge on any atom is -0.507 e. The van der Waals surface area contributed by atoms with Gasteiger partial charge in [0, 0.05) is 30.7 Å². The van der Waals surface area contributed by atoms with Crippen molar-refractivity contribution in [2.45, 2.75) is 260 Å². The second-order valence-electron chi connectivity index (χ2n) is 26.5. The molecular weight excluding hydrogens is 1000 g/mol. The Labute approximate surface area is 491 Å². The van der Waals surface area contributed by atoms with E-state index in [1.165, 1.54) is 173 Å². The molecule has 8 heteroatoms. The molecule has 0 spiro atoms. The van der Waals surface area contributed by atoms with E-state index in [2.05, 4.69) is 52.6 Å². The molecule has 1 N–H and O–H groups in total. The van der Waals surface area contributed by atoms with Gasteiger partial charge in [-0.3, -0.25) is 9.79 Å². The van der Waals surface area contributed by atoms with Crippen molar-refractivity contribution < 1.29 is 33.6 Å². The molecule has 0 aromatic heterocycles. The van der Waals surface area contributed by atoms with Crippen LogP contribution >= 0.6 is 0 Å². The lowest BCUT2D eigenvalue weighted by atomic mass is 9.47. The molecular formula is C73H109NO7. The maximum Gasteiger partial charge on any atom is 0.343 e. The number of ether oxygens (including phenoxy) is 4. The van der Waals surface area contributed by atoms with Crippen molar-refractivity contribution in [1.82, 2.24) is 0 Å². The Bertz CT molecular complexity index is 2370. The van der Waals surface area contributed by atoms with E-state index in [9.17, 15) is 14.7 Å². The minimum absolute atomic E-state index is 0.0398. The largest absolute Gasteiger partial charge is 0.507 e. The van der Waals surface area contributed by atoms with E-state index < -0.39 is 5.97 Å². The summed E-state index contributed by atoms with van der Waals surface area (Å²) in [4.78, 5) is 30.5. The number of hydrogen-bond donors (Lipinski definition) is 1. The number of rotatable bonds is 37. The lowest BCUT2D eigenvalue weighted by Gasteiger charge is -2.58. The van der Waals surface area contributed by atoms with Crippen LogP contribution in [0.25, 0.3) is 0 Å². The molecule has 0 radical (unpaired) electrons. The lowest BCUT2D eigenvalue weighted by Crippen LogP contribution is -2.51. The monoisotopic (exact) mass is 1110 g/mol. The maximum absolute atomic E-state index is 13.1. The number of carbonyl (C=O) groups is 2. The number of benzene rings is 3. The average molecular weight is 1110 g/mol. The lowest BCUT2D eigenvalue weighted by molar-refractivity contribution is -0.151. The zero-order chi connectivity index (χ0) is 57.3. The number of allylic oxidation sites excluding steroid dienone is 1. The number of aliphatic imine (C=N–C) groups is 1. The van der Waals surface area contributed by atoms with E-state index in [0.29, 0.717) is 59.8 Å². The number of phenols is 1. The zero-order valence-electron chi connectivity index (χ0n) is 51.6. The Morgan fingerprint density at radius 2 is 1.23 bits per heavy atom. The quantitative estimate of drug-likeness (QED) is 0.0202. The van der Waals surface area contributed by atoms with Crippen LogP contribution in [0.4, 0.5) is 5.69 Å². The number of carbonyl (C=O) groups excluding carboxylic acids is 2. The van der Waals surface area contributed by atoms with Crippen molar-refractivity contribution in [2.75, 3.05) is 13.2 Å². The van der Waals surface area contributed by atoms with Crippen molar-refractivity contribution >= 4 is 23.8 Å². The first-order valence-corrected chi connectivity index (χ1v) is 33.3. The van der Waals surface area contributed by atoms with Crippen LogP contribution in [0.5, 0.6) is 23.0 Å². The number of phenolic OH excluding ortho intramolecular Hbond substituents is 1. The van der Waals surface area contributed by atoms with Crippen LogP contribution in [0.3, 0.4) is 0 Å². The van der Waals surface area contributed by atoms with Crippen molar-refractivity contribution in [3.05, 3.63) is 89.5 Å². The van der Waals surface area contributed by atoms with E-state index in [4.69, 9.17) is 18.9 Å². The minimum atomic E-state index is -0.443. The van der Waals surface area contributed by atoms with Crippen LogP contribution in [-0.2, 0) is 9.53 Å². The molecule has 81 heavy (non-hydrogen) atoms. The van der Waals surface area contributed by atoms with E-state index in [-0.39, 0.29) is 23.2 Å². The first-order valence-electron chi connectivity index (χ1n) is 33.3. The Hall–Kier alpha value is -4.59. The number of hydrogen-bond acceptors (Lipinski definition) is 8. The standard InChI is InChI=1S/C73H109NO7/c1-7-8-9-10-11-12-13-14-15-16-17-18-19-20-21-22-23-24-25-26-50-78-61-38-32-57(33-39-61)71(77)81-62-41-36-60(37-42-62)74-54-58-34-40-63(53-69(58)75)79-51-28-31-70(76)80-64-46-48-72(5)59(52-64)35-43-65-67-45-44-66(56(4)30-27-29-55(2)3)73(67,6)49-47-68(65)72/h32-42,53-56,64-68,75H,7-31,43-52H2,1-6H3/t56-,64+,65+,66-,67+,68+,72+,73-/m1/s1. The summed E-state index contributed by atoms with van der Waals surface area (Å²) in [5.41, 5.74) is 3.90. The molecule has 0 saturated heterocycles. The summed E-state index contributed by atoms with van der Waals surface area (Å²) in [5, 5.41) is 10.8. The van der Waals surface area contributed by atoms with Crippen LogP contribution in [0.2, 0.25) is 0 Å². The van der Waals surface area contributed by atoms with Crippen molar-refractivity contribution in [2.24, 2.45) is 51.3 Å². The van der Waals surface area contributed by atoms with Gasteiger partial charge in [-0.1, -0.05) is 194 Å². The van der Waals surface area contributed by atoms with Crippen LogP contribution in [0.15, 0.2) is 83.4 Å². The highest BCUT2D eigenvalue weighted by molar-refractivity contribution is 5.91. The molecule has 7 rings (SSSR count). The first-order chi connectivity index (χ1) is 39.4. The van der Waals surface area contributed by atoms with Crippen molar-refractivity contribution in [3.63, 3.8) is 0 Å². The highest BCUT2D eigenvalue weighted by Gasteiger charge is 2.59. The fourth-order valence-corrected chi connectivity index (χ4v) is 15.3. The summed E-state index contributed by atoms with van der Waals surface area (Å²) in [6.07, 6.45) is 46.1. The van der Waals surface area contributed by atoms with Crippen LogP contribution < -0.4 is 14.2 Å². The Kier molecular flexibility index (Phi) is 26.6. The third-order valence-corrected chi connectivity index (χ3v) is 20.1. The fraction of sp³-hybridized carbons (Fsp3) is 0.685. The number of unbranched alkanes of at least 4 members (excludes halogenated alkanes) is 19. The van der Waals surface area contributed by atoms with Gasteiger partial charge in [-0.25, -0.2) is 4.79 Å². The predicted molar refractivity (Wildman–Crippen MR) is 334 cm³/mol. The van der Waals surface area contributed by atoms with Gasteiger partial charge in [-0.15, -0.1) is 0 Å². The molecule has 3 aromatic carbocycles. The summed E-state index contributed by atoms with van der Waals surface area (Å²) in [6, 6.07) is 19.2. The van der Waals surface area contributed by atoms with E-state index in [1.807, 2.05) is 12.1 Å². The van der Waals surface area contributed by atoms with E-state index >= 15 is 0 Å². The van der Waals surface area contributed by atoms with Crippen molar-refractivity contribution in [1.29, 1.82) is 0 Å². The van der Waals surface area contributed by atoms with Crippen LogP contribution in [-0.4, -0.2) is 42.6 Å². The SMILES string of the molecule is CCCCCCCCCCCCCCCCCCCCCCOc1ccc(C(=O)Oc2ccc(N=Cc3ccc(OCCCC(=O)O[C@H]4CC[C@@]5(C)C(=CC[C@H]6[C@@H]7CC[C@H]([C@H](C)CCCC(C)C)[C@@]7(C)CC[C@@H]65)C4)cc3O)cc2)cc1. The number of fused-ring (bicyclic) bond motifs is 5. The molecule has 3 saturated carbocycles. The number of esters is 2. The predicted octanol–water partition coefficient (Wildman–Crippen LogP) is 20.7. The van der Waals surface area contributed by atoms with Gasteiger partial charge in [0.15, 0.2) is 0 Å². The number of nitrogens with zero attached hydrogens (tertiary/aromatic N) is 1. The molecule has 0 bridgehead atoms. The van der Waals surface area contributed by atoms with Crippen LogP contribution in [0, 0.1) is 46.3 Å². The Balaban J connectivity index is 0.711. The molecule has 3 fully saturated rings. The topological polar surface area (TPSA) is 104 Å². The highest BCUT2D eigenvalue weighted by Crippen LogP contribution is 2.67. The molecule has 448 valence electrons. The molecule has 0 amide bonds. The molecule has 4 aliphatic carbocycles. The summed E-state index contributed by atoms with van der Waals surface area (Å²) >= 11 is 0. The van der Waals surface area contributed by atoms with Gasteiger partial charge < -0.3 is 24.1 Å². The highest BCUT2D eigenvalue weighted by atomic mass is 16.5. The normalized spacial score (nSPS) is 23.6. The second kappa shape index (κ2) is 33.6. The van der Waals surface area contributed by atoms with E-state index in [1.54, 1.807) is 66.4 Å². The molecule has 0 aliphatic heterocycles. The summed E-state index contributed by atoms with van der Waals surface area (Å²) in [7, 11) is 0. The molecule has 0 unspecified atom stereocenters. The molecule has 0 heterocycles. The molecule has 8 nitrogen and oxygen atoms in total. The Morgan fingerprint density at radius 1 is 0.642 bits per heavy atom. The second-order valence-corrected chi connectivity index (χ2v) is 26.5. The number of aromatic hydroxyl groups is 1. The van der Waals surface area contributed by atoms with Gasteiger partial charge in [0.2, 0.25) is 0 Å². The third kappa shape index (κ3) is 19.8. The molecule has 3 aromatic rings. The summed E-state index contributed by atoms with van der Waals surface area (Å²) in [6.45, 7) is 15.8. The first kappa shape index (κ1) is 64.0. The van der Waals surface area contributed by atoms with Gasteiger partial charge in [-0.2, -0.15) is 0 Å². The summed E-state index contributed by atoms with van der Waals surface area (Å²) in [5.74, 6) is 6.03. The van der Waals surface area contributed by atoms with Gasteiger partial charge in [-0.05, 0) is 165 Å².